The van der Waals surface area contributed by atoms with Crippen molar-refractivity contribution in [3.63, 3.8) is 0 Å². The van der Waals surface area contributed by atoms with Gasteiger partial charge in [0.05, 0.1) is 35.7 Å². The lowest BCUT2D eigenvalue weighted by atomic mass is 10.2. The Morgan fingerprint density at radius 2 is 1.91 bits per heavy atom. The number of halogens is 2. The van der Waals surface area contributed by atoms with Crippen molar-refractivity contribution in [2.45, 2.75) is 18.2 Å². The van der Waals surface area contributed by atoms with Crippen LogP contribution in [0.4, 0.5) is 11.4 Å². The van der Waals surface area contributed by atoms with Gasteiger partial charge in [-0.25, -0.2) is 8.42 Å². The standard InChI is InChI=1S/C22H26ClN3O4S.ClH/c1-16-3-4-19(15-20(16)23)31(27,28)25-18-13-17-5-10-30-22(17)21(14-18)24-6-2-7-26-8-11-29-12-9-26;/h3-5,10,13-15,24-25H,2,6-9,11-12H2,1H3;1H. The predicted molar refractivity (Wildman–Crippen MR) is 131 cm³/mol. The van der Waals surface area contributed by atoms with Crippen molar-refractivity contribution in [1.82, 2.24) is 4.90 Å². The molecule has 0 radical (unpaired) electrons. The first-order valence-corrected chi connectivity index (χ1v) is 12.1. The molecule has 0 spiro atoms. The molecule has 0 aliphatic carbocycles. The number of nitrogens with one attached hydrogen (secondary N) is 2. The van der Waals surface area contributed by atoms with Crippen LogP contribution in [0.2, 0.25) is 5.02 Å². The summed E-state index contributed by atoms with van der Waals surface area (Å²) in [6.07, 6.45) is 2.56. The molecule has 1 aromatic heterocycles. The maximum Gasteiger partial charge on any atom is 0.261 e. The first kappa shape index (κ1) is 24.7. The quantitative estimate of drug-likeness (QED) is 0.435. The Hall–Kier alpha value is -1.97. The summed E-state index contributed by atoms with van der Waals surface area (Å²) in [5.74, 6) is 0. The molecular formula is C22H27Cl2N3O4S. The maximum absolute atomic E-state index is 12.9. The molecule has 7 nitrogen and oxygen atoms in total. The van der Waals surface area contributed by atoms with Gasteiger partial charge in [0.25, 0.3) is 10.0 Å². The van der Waals surface area contributed by atoms with Gasteiger partial charge in [0.15, 0.2) is 5.58 Å². The number of anilines is 2. The number of fused-ring (bicyclic) bond motifs is 1. The van der Waals surface area contributed by atoms with Crippen LogP contribution in [-0.2, 0) is 14.8 Å². The third-order valence-electron chi connectivity index (χ3n) is 5.33. The van der Waals surface area contributed by atoms with Crippen molar-refractivity contribution in [1.29, 1.82) is 0 Å². The molecule has 10 heteroatoms. The zero-order valence-corrected chi connectivity index (χ0v) is 20.2. The van der Waals surface area contributed by atoms with E-state index in [4.69, 9.17) is 20.8 Å². The molecule has 4 rings (SSSR count). The molecule has 0 unspecified atom stereocenters. The number of sulfonamides is 1. The average molecular weight is 500 g/mol. The van der Waals surface area contributed by atoms with Crippen LogP contribution in [-0.4, -0.2) is 52.7 Å². The SMILES string of the molecule is Cc1ccc(S(=O)(=O)Nc2cc(NCCCN3CCOCC3)c3occc3c2)cc1Cl.Cl. The number of hydrogen-bond acceptors (Lipinski definition) is 6. The Bertz CT molecular complexity index is 1160. The third kappa shape index (κ3) is 5.88. The van der Waals surface area contributed by atoms with Crippen molar-refractivity contribution in [2.24, 2.45) is 0 Å². The molecule has 174 valence electrons. The van der Waals surface area contributed by atoms with Gasteiger partial charge in [-0.2, -0.15) is 0 Å². The van der Waals surface area contributed by atoms with Crippen LogP contribution in [0.25, 0.3) is 11.0 Å². The fraction of sp³-hybridized carbons (Fsp3) is 0.364. The third-order valence-corrected chi connectivity index (χ3v) is 7.11. The number of nitrogens with zero attached hydrogens (tertiary/aromatic N) is 1. The lowest BCUT2D eigenvalue weighted by Crippen LogP contribution is -2.37. The fourth-order valence-corrected chi connectivity index (χ4v) is 4.89. The van der Waals surface area contributed by atoms with E-state index in [0.717, 1.165) is 62.5 Å². The molecule has 0 bridgehead atoms. The second kappa shape index (κ2) is 10.8. The molecule has 1 fully saturated rings. The van der Waals surface area contributed by atoms with Gasteiger partial charge in [-0.05, 0) is 55.8 Å². The minimum Gasteiger partial charge on any atom is -0.462 e. The summed E-state index contributed by atoms with van der Waals surface area (Å²) in [6.45, 7) is 7.06. The Labute approximate surface area is 199 Å². The van der Waals surface area contributed by atoms with E-state index in [1.54, 1.807) is 30.5 Å². The highest BCUT2D eigenvalue weighted by molar-refractivity contribution is 7.92. The van der Waals surface area contributed by atoms with Crippen LogP contribution < -0.4 is 10.0 Å². The van der Waals surface area contributed by atoms with Gasteiger partial charge < -0.3 is 14.5 Å². The maximum atomic E-state index is 12.9. The number of aryl methyl sites for hydroxylation is 1. The summed E-state index contributed by atoms with van der Waals surface area (Å²) in [7, 11) is -3.77. The number of rotatable bonds is 8. The normalized spacial score (nSPS) is 14.8. The van der Waals surface area contributed by atoms with Crippen LogP contribution in [0, 0.1) is 6.92 Å². The average Bonchev–Trinajstić information content (AvgIpc) is 3.22. The molecule has 3 aromatic rings. The highest BCUT2D eigenvalue weighted by atomic mass is 35.5. The highest BCUT2D eigenvalue weighted by Gasteiger charge is 2.17. The second-order valence-corrected chi connectivity index (χ2v) is 9.70. The van der Waals surface area contributed by atoms with Crippen molar-refractivity contribution in [2.75, 3.05) is 49.4 Å². The number of ether oxygens (including phenoxy) is 1. The smallest absolute Gasteiger partial charge is 0.261 e. The number of furan rings is 1. The Balaban J connectivity index is 0.00000289. The molecule has 1 aliphatic heterocycles. The van der Waals surface area contributed by atoms with Crippen molar-refractivity contribution in [3.05, 3.63) is 53.2 Å². The Morgan fingerprint density at radius 3 is 2.66 bits per heavy atom. The van der Waals surface area contributed by atoms with Crippen LogP contribution in [0.1, 0.15) is 12.0 Å². The van der Waals surface area contributed by atoms with Gasteiger partial charge in [-0.1, -0.05) is 17.7 Å². The van der Waals surface area contributed by atoms with Crippen LogP contribution in [0.15, 0.2) is 52.0 Å². The first-order valence-electron chi connectivity index (χ1n) is 10.3. The zero-order chi connectivity index (χ0) is 21.8. The lowest BCUT2D eigenvalue weighted by Gasteiger charge is -2.26. The van der Waals surface area contributed by atoms with E-state index < -0.39 is 10.0 Å². The summed E-state index contributed by atoms with van der Waals surface area (Å²) in [5.41, 5.74) is 2.74. The summed E-state index contributed by atoms with van der Waals surface area (Å²) in [6, 6.07) is 10.0. The molecule has 2 N–H and O–H groups in total. The van der Waals surface area contributed by atoms with Crippen molar-refractivity contribution in [3.8, 4) is 0 Å². The lowest BCUT2D eigenvalue weighted by molar-refractivity contribution is 0.0378. The van der Waals surface area contributed by atoms with E-state index >= 15 is 0 Å². The van der Waals surface area contributed by atoms with E-state index in [9.17, 15) is 8.42 Å². The number of benzene rings is 2. The topological polar surface area (TPSA) is 83.8 Å². The minimum atomic E-state index is -3.77. The number of hydrogen-bond donors (Lipinski definition) is 2. The minimum absolute atomic E-state index is 0. The molecular weight excluding hydrogens is 473 g/mol. The largest absolute Gasteiger partial charge is 0.462 e. The van der Waals surface area contributed by atoms with Gasteiger partial charge in [-0.15, -0.1) is 12.4 Å². The van der Waals surface area contributed by atoms with Crippen LogP contribution >= 0.6 is 24.0 Å². The van der Waals surface area contributed by atoms with Gasteiger partial charge in [0.2, 0.25) is 0 Å². The van der Waals surface area contributed by atoms with Gasteiger partial charge >= 0.3 is 0 Å². The second-order valence-electron chi connectivity index (χ2n) is 7.61. The summed E-state index contributed by atoms with van der Waals surface area (Å²) in [5, 5.41) is 4.62. The van der Waals surface area contributed by atoms with Gasteiger partial charge in [0, 0.05) is 30.0 Å². The van der Waals surface area contributed by atoms with Crippen molar-refractivity contribution < 1.29 is 17.6 Å². The highest BCUT2D eigenvalue weighted by Crippen LogP contribution is 2.31. The van der Waals surface area contributed by atoms with E-state index in [0.29, 0.717) is 16.3 Å². The Morgan fingerprint density at radius 1 is 1.12 bits per heavy atom. The molecule has 2 aromatic carbocycles. The van der Waals surface area contributed by atoms with Crippen LogP contribution in [0.3, 0.4) is 0 Å². The monoisotopic (exact) mass is 499 g/mol. The molecule has 0 saturated carbocycles. The van der Waals surface area contributed by atoms with E-state index in [2.05, 4.69) is 14.9 Å². The summed E-state index contributed by atoms with van der Waals surface area (Å²) >= 11 is 6.11. The summed E-state index contributed by atoms with van der Waals surface area (Å²) in [4.78, 5) is 2.50. The molecule has 2 heterocycles. The number of morpholine rings is 1. The van der Waals surface area contributed by atoms with Crippen LogP contribution in [0.5, 0.6) is 0 Å². The Kier molecular flexibility index (Phi) is 8.30. The fourth-order valence-electron chi connectivity index (χ4n) is 3.58. The van der Waals surface area contributed by atoms with Gasteiger partial charge in [0.1, 0.15) is 0 Å². The summed E-state index contributed by atoms with van der Waals surface area (Å²) < 4.78 is 39.4. The van der Waals surface area contributed by atoms with E-state index in [-0.39, 0.29) is 17.3 Å². The van der Waals surface area contributed by atoms with Crippen molar-refractivity contribution >= 4 is 56.4 Å². The molecule has 0 amide bonds. The molecule has 0 atom stereocenters. The first-order chi connectivity index (χ1) is 14.9. The van der Waals surface area contributed by atoms with Gasteiger partial charge in [-0.3, -0.25) is 9.62 Å². The predicted octanol–water partition coefficient (Wildman–Crippen LogP) is 4.75. The molecule has 1 aliphatic rings. The van der Waals surface area contributed by atoms with E-state index in [1.807, 2.05) is 13.0 Å². The molecule has 32 heavy (non-hydrogen) atoms. The van der Waals surface area contributed by atoms with E-state index in [1.165, 1.54) is 6.07 Å². The molecule has 1 saturated heterocycles. The zero-order valence-electron chi connectivity index (χ0n) is 17.8.